The summed E-state index contributed by atoms with van der Waals surface area (Å²) >= 11 is 0. The molecule has 0 aliphatic heterocycles. The number of nitrogens with zero attached hydrogens (tertiary/aromatic N) is 2. The van der Waals surface area contributed by atoms with Gasteiger partial charge in [0.1, 0.15) is 6.07 Å². The first-order valence-electron chi connectivity index (χ1n) is 6.03. The summed E-state index contributed by atoms with van der Waals surface area (Å²) in [5.74, 6) is 0. The van der Waals surface area contributed by atoms with Crippen molar-refractivity contribution in [3.63, 3.8) is 0 Å². The number of aryl methyl sites for hydroxylation is 1. The van der Waals surface area contributed by atoms with Gasteiger partial charge in [0, 0.05) is 6.54 Å². The average molecular weight is 231 g/mol. The molecule has 0 bridgehead atoms. The van der Waals surface area contributed by atoms with E-state index in [1.807, 2.05) is 25.1 Å². The lowest BCUT2D eigenvalue weighted by molar-refractivity contribution is 0.396. The second-order valence-electron chi connectivity index (χ2n) is 4.60. The van der Waals surface area contributed by atoms with Gasteiger partial charge >= 0.3 is 0 Å². The maximum Gasteiger partial charge on any atom is 0.101 e. The summed E-state index contributed by atoms with van der Waals surface area (Å²) in [6.45, 7) is 4.04. The summed E-state index contributed by atoms with van der Waals surface area (Å²) in [5.41, 5.74) is 2.81. The van der Waals surface area contributed by atoms with Crippen molar-refractivity contribution >= 4 is 5.69 Å². The van der Waals surface area contributed by atoms with Gasteiger partial charge in [0.15, 0.2) is 0 Å². The van der Waals surface area contributed by atoms with E-state index >= 15 is 0 Å². The molecule has 1 rings (SSSR count). The van der Waals surface area contributed by atoms with Crippen molar-refractivity contribution in [2.75, 3.05) is 32.5 Å². The molecule has 0 aliphatic carbocycles. The maximum absolute atomic E-state index is 9.02. The Bertz CT molecular complexity index is 391. The van der Waals surface area contributed by atoms with Crippen LogP contribution < -0.4 is 5.32 Å². The lowest BCUT2D eigenvalue weighted by Gasteiger charge is -2.11. The standard InChI is InChI=1S/C14H21N3/c1-12-6-7-14(13(10-12)11-15)16-8-4-5-9-17(2)3/h6-7,10,16H,4-5,8-9H2,1-3H3. The topological polar surface area (TPSA) is 39.1 Å². The molecule has 1 N–H and O–H groups in total. The first-order valence-corrected chi connectivity index (χ1v) is 6.03. The summed E-state index contributed by atoms with van der Waals surface area (Å²) in [6.07, 6.45) is 2.30. The third-order valence-corrected chi connectivity index (χ3v) is 2.64. The van der Waals surface area contributed by atoms with Gasteiger partial charge in [0.05, 0.1) is 11.3 Å². The minimum Gasteiger partial charge on any atom is -0.384 e. The van der Waals surface area contributed by atoms with Crippen molar-refractivity contribution in [3.8, 4) is 6.07 Å². The smallest absolute Gasteiger partial charge is 0.101 e. The van der Waals surface area contributed by atoms with Gasteiger partial charge in [-0.25, -0.2) is 0 Å². The van der Waals surface area contributed by atoms with Gasteiger partial charge in [0.2, 0.25) is 0 Å². The number of rotatable bonds is 6. The second-order valence-corrected chi connectivity index (χ2v) is 4.60. The van der Waals surface area contributed by atoms with E-state index < -0.39 is 0 Å². The first kappa shape index (κ1) is 13.5. The molecule has 0 spiro atoms. The molecule has 0 amide bonds. The molecule has 0 heterocycles. The van der Waals surface area contributed by atoms with E-state index in [0.29, 0.717) is 0 Å². The lowest BCUT2D eigenvalue weighted by Crippen LogP contribution is -2.14. The number of nitriles is 1. The van der Waals surface area contributed by atoms with Crippen LogP contribution >= 0.6 is 0 Å². The molecule has 17 heavy (non-hydrogen) atoms. The largest absolute Gasteiger partial charge is 0.384 e. The molecule has 0 unspecified atom stereocenters. The second kappa shape index (κ2) is 6.93. The molecule has 1 aromatic rings. The number of unbranched alkanes of at least 4 members (excludes halogenated alkanes) is 1. The maximum atomic E-state index is 9.02. The molecule has 0 fully saturated rings. The molecule has 0 aliphatic rings. The molecule has 0 atom stereocenters. The van der Waals surface area contributed by atoms with E-state index in [1.165, 1.54) is 6.42 Å². The number of benzene rings is 1. The zero-order chi connectivity index (χ0) is 12.7. The van der Waals surface area contributed by atoms with Crippen molar-refractivity contribution in [3.05, 3.63) is 29.3 Å². The van der Waals surface area contributed by atoms with Gasteiger partial charge in [-0.1, -0.05) is 6.07 Å². The van der Waals surface area contributed by atoms with Crippen molar-refractivity contribution in [2.24, 2.45) is 0 Å². The molecule has 3 heteroatoms. The third kappa shape index (κ3) is 4.88. The summed E-state index contributed by atoms with van der Waals surface area (Å²) in [4.78, 5) is 2.19. The Kier molecular flexibility index (Phi) is 5.51. The van der Waals surface area contributed by atoms with Crippen LogP contribution in [0.25, 0.3) is 0 Å². The number of hydrogen-bond acceptors (Lipinski definition) is 3. The highest BCUT2D eigenvalue weighted by Crippen LogP contribution is 2.16. The van der Waals surface area contributed by atoms with E-state index in [-0.39, 0.29) is 0 Å². The van der Waals surface area contributed by atoms with Crippen molar-refractivity contribution in [1.82, 2.24) is 4.90 Å². The lowest BCUT2D eigenvalue weighted by atomic mass is 10.1. The van der Waals surface area contributed by atoms with Crippen LogP contribution in [0.1, 0.15) is 24.0 Å². The SMILES string of the molecule is Cc1ccc(NCCCCN(C)C)c(C#N)c1. The zero-order valence-electron chi connectivity index (χ0n) is 11.0. The van der Waals surface area contributed by atoms with Crippen molar-refractivity contribution in [2.45, 2.75) is 19.8 Å². The highest BCUT2D eigenvalue weighted by Gasteiger charge is 2.01. The van der Waals surface area contributed by atoms with Crippen LogP contribution in [0.3, 0.4) is 0 Å². The molecule has 0 saturated carbocycles. The summed E-state index contributed by atoms with van der Waals surface area (Å²) in [7, 11) is 4.17. The van der Waals surface area contributed by atoms with Crippen molar-refractivity contribution < 1.29 is 0 Å². The van der Waals surface area contributed by atoms with Crippen LogP contribution in [-0.2, 0) is 0 Å². The van der Waals surface area contributed by atoms with E-state index in [2.05, 4.69) is 30.4 Å². The zero-order valence-corrected chi connectivity index (χ0v) is 11.0. The molecular formula is C14H21N3. The predicted molar refractivity (Wildman–Crippen MR) is 72.2 cm³/mol. The van der Waals surface area contributed by atoms with Crippen LogP contribution in [0.2, 0.25) is 0 Å². The fraction of sp³-hybridized carbons (Fsp3) is 0.500. The minimum absolute atomic E-state index is 0.734. The fourth-order valence-corrected chi connectivity index (χ4v) is 1.68. The Balaban J connectivity index is 2.39. The molecule has 0 saturated heterocycles. The Hall–Kier alpha value is -1.53. The summed E-state index contributed by atoms with van der Waals surface area (Å²) in [6, 6.07) is 8.16. The third-order valence-electron chi connectivity index (χ3n) is 2.64. The van der Waals surface area contributed by atoms with E-state index in [0.717, 1.165) is 36.3 Å². The average Bonchev–Trinajstić information content (AvgIpc) is 2.29. The molecule has 1 aromatic carbocycles. The van der Waals surface area contributed by atoms with Gasteiger partial charge in [-0.15, -0.1) is 0 Å². The fourth-order valence-electron chi connectivity index (χ4n) is 1.68. The van der Waals surface area contributed by atoms with Crippen LogP contribution in [0.5, 0.6) is 0 Å². The monoisotopic (exact) mass is 231 g/mol. The summed E-state index contributed by atoms with van der Waals surface area (Å²) < 4.78 is 0. The van der Waals surface area contributed by atoms with Gasteiger partial charge in [-0.3, -0.25) is 0 Å². The Morgan fingerprint density at radius 3 is 2.71 bits per heavy atom. The number of hydrogen-bond donors (Lipinski definition) is 1. The van der Waals surface area contributed by atoms with Crippen LogP contribution in [0, 0.1) is 18.3 Å². The van der Waals surface area contributed by atoms with Crippen LogP contribution in [0.15, 0.2) is 18.2 Å². The van der Waals surface area contributed by atoms with Gasteiger partial charge in [0.25, 0.3) is 0 Å². The molecule has 92 valence electrons. The Morgan fingerprint density at radius 1 is 1.29 bits per heavy atom. The highest BCUT2D eigenvalue weighted by atomic mass is 15.0. The van der Waals surface area contributed by atoms with Crippen molar-refractivity contribution in [1.29, 1.82) is 5.26 Å². The predicted octanol–water partition coefficient (Wildman–Crippen LogP) is 2.62. The van der Waals surface area contributed by atoms with Gasteiger partial charge in [-0.05, 0) is 58.1 Å². The summed E-state index contributed by atoms with van der Waals surface area (Å²) in [5, 5.41) is 12.3. The van der Waals surface area contributed by atoms with Gasteiger partial charge in [-0.2, -0.15) is 5.26 Å². The van der Waals surface area contributed by atoms with E-state index in [1.54, 1.807) is 0 Å². The van der Waals surface area contributed by atoms with Crippen LogP contribution in [-0.4, -0.2) is 32.1 Å². The number of anilines is 1. The number of nitrogens with one attached hydrogen (secondary N) is 1. The van der Waals surface area contributed by atoms with Gasteiger partial charge < -0.3 is 10.2 Å². The quantitative estimate of drug-likeness (QED) is 0.765. The minimum atomic E-state index is 0.734. The Morgan fingerprint density at radius 2 is 2.06 bits per heavy atom. The van der Waals surface area contributed by atoms with E-state index in [9.17, 15) is 0 Å². The molecular weight excluding hydrogens is 210 g/mol. The molecule has 0 radical (unpaired) electrons. The normalized spacial score (nSPS) is 10.3. The molecule has 3 nitrogen and oxygen atoms in total. The highest BCUT2D eigenvalue weighted by molar-refractivity contribution is 5.58. The Labute approximate surface area is 104 Å². The molecule has 0 aromatic heterocycles. The van der Waals surface area contributed by atoms with E-state index in [4.69, 9.17) is 5.26 Å². The van der Waals surface area contributed by atoms with Crippen LogP contribution in [0.4, 0.5) is 5.69 Å². The first-order chi connectivity index (χ1) is 8.13.